The van der Waals surface area contributed by atoms with Crippen molar-refractivity contribution >= 4 is 11.9 Å². The van der Waals surface area contributed by atoms with Crippen LogP contribution in [0.3, 0.4) is 0 Å². The normalized spacial score (nSPS) is 20.2. The Balaban J connectivity index is 1.43. The minimum Gasteiger partial charge on any atom is -0.478 e. The van der Waals surface area contributed by atoms with E-state index in [4.69, 9.17) is 5.11 Å². The molecule has 6 heteroatoms. The molecule has 1 saturated heterocycles. The Morgan fingerprint density at radius 2 is 1.83 bits per heavy atom. The van der Waals surface area contributed by atoms with Gasteiger partial charge in [-0.3, -0.25) is 9.48 Å². The van der Waals surface area contributed by atoms with E-state index in [1.807, 2.05) is 4.90 Å². The van der Waals surface area contributed by atoms with E-state index >= 15 is 0 Å². The van der Waals surface area contributed by atoms with E-state index in [0.29, 0.717) is 6.42 Å². The van der Waals surface area contributed by atoms with E-state index in [0.717, 1.165) is 38.3 Å². The van der Waals surface area contributed by atoms with E-state index < -0.39 is 5.97 Å². The fourth-order valence-corrected chi connectivity index (χ4v) is 3.99. The number of likely N-dealkylation sites (tertiary alicyclic amines) is 1. The van der Waals surface area contributed by atoms with E-state index in [9.17, 15) is 9.59 Å². The molecule has 2 aliphatic rings. The summed E-state index contributed by atoms with van der Waals surface area (Å²) in [5, 5.41) is 13.1. The highest BCUT2D eigenvalue weighted by molar-refractivity contribution is 5.86. The largest absolute Gasteiger partial charge is 0.478 e. The SMILES string of the molecule is O=C(O)c1cnn(C2CCN(C(=O)CCC3CCCCC3)CC2)c1. The molecule has 0 aromatic carbocycles. The van der Waals surface area contributed by atoms with Crippen LogP contribution in [0.4, 0.5) is 0 Å². The van der Waals surface area contributed by atoms with E-state index in [2.05, 4.69) is 5.10 Å². The van der Waals surface area contributed by atoms with Gasteiger partial charge in [-0.15, -0.1) is 0 Å². The summed E-state index contributed by atoms with van der Waals surface area (Å²) in [7, 11) is 0. The minimum absolute atomic E-state index is 0.195. The molecule has 0 unspecified atom stereocenters. The quantitative estimate of drug-likeness (QED) is 0.898. The van der Waals surface area contributed by atoms with Crippen molar-refractivity contribution in [3.63, 3.8) is 0 Å². The second-order valence-electron chi connectivity index (χ2n) is 7.17. The predicted molar refractivity (Wildman–Crippen MR) is 89.8 cm³/mol. The monoisotopic (exact) mass is 333 g/mol. The summed E-state index contributed by atoms with van der Waals surface area (Å²) in [5.41, 5.74) is 0.223. The zero-order valence-corrected chi connectivity index (χ0v) is 14.2. The maximum absolute atomic E-state index is 12.4. The second kappa shape index (κ2) is 7.81. The minimum atomic E-state index is -0.948. The molecule has 0 atom stereocenters. The van der Waals surface area contributed by atoms with Crippen LogP contribution in [0.2, 0.25) is 0 Å². The molecule has 1 aromatic heterocycles. The first-order valence-corrected chi connectivity index (χ1v) is 9.18. The van der Waals surface area contributed by atoms with Crippen molar-refractivity contribution in [3.8, 4) is 0 Å². The van der Waals surface area contributed by atoms with Crippen molar-refractivity contribution in [2.75, 3.05) is 13.1 Å². The number of amides is 1. The van der Waals surface area contributed by atoms with Gasteiger partial charge in [-0.25, -0.2) is 4.79 Å². The number of carbonyl (C=O) groups excluding carboxylic acids is 1. The molecule has 1 aliphatic carbocycles. The average Bonchev–Trinajstić information content (AvgIpc) is 3.11. The number of nitrogens with zero attached hydrogens (tertiary/aromatic N) is 3. The highest BCUT2D eigenvalue weighted by Gasteiger charge is 2.25. The molecule has 1 N–H and O–H groups in total. The lowest BCUT2D eigenvalue weighted by molar-refractivity contribution is -0.132. The van der Waals surface area contributed by atoms with Crippen LogP contribution in [0, 0.1) is 5.92 Å². The van der Waals surface area contributed by atoms with Gasteiger partial charge in [0.25, 0.3) is 0 Å². The number of carbonyl (C=O) groups is 2. The summed E-state index contributed by atoms with van der Waals surface area (Å²) in [6.45, 7) is 1.49. The van der Waals surface area contributed by atoms with Crippen molar-refractivity contribution in [2.45, 2.75) is 63.8 Å². The zero-order chi connectivity index (χ0) is 16.9. The third-order valence-electron chi connectivity index (χ3n) is 5.53. The first-order valence-electron chi connectivity index (χ1n) is 9.18. The zero-order valence-electron chi connectivity index (χ0n) is 14.2. The van der Waals surface area contributed by atoms with Gasteiger partial charge in [0, 0.05) is 25.7 Å². The number of carboxylic acid groups (broad SMARTS) is 1. The fourth-order valence-electron chi connectivity index (χ4n) is 3.99. The Hall–Kier alpha value is -1.85. The van der Waals surface area contributed by atoms with Gasteiger partial charge in [-0.1, -0.05) is 32.1 Å². The van der Waals surface area contributed by atoms with E-state index in [1.54, 1.807) is 10.9 Å². The number of aromatic nitrogens is 2. The second-order valence-corrected chi connectivity index (χ2v) is 7.17. The summed E-state index contributed by atoms with van der Waals surface area (Å²) in [6.07, 6.45) is 13.0. The lowest BCUT2D eigenvalue weighted by atomic mass is 9.86. The summed E-state index contributed by atoms with van der Waals surface area (Å²) in [5.74, 6) is 0.0843. The molecule has 1 saturated carbocycles. The van der Waals surface area contributed by atoms with Crippen molar-refractivity contribution in [2.24, 2.45) is 5.92 Å². The van der Waals surface area contributed by atoms with Gasteiger partial charge in [-0.2, -0.15) is 5.10 Å². The van der Waals surface area contributed by atoms with Crippen LogP contribution in [0.1, 0.15) is 74.2 Å². The molecule has 0 radical (unpaired) electrons. The standard InChI is InChI=1S/C18H27N3O3/c22-17(7-6-14-4-2-1-3-5-14)20-10-8-16(9-11-20)21-13-15(12-19-21)18(23)24/h12-14,16H,1-11H2,(H,23,24). The van der Waals surface area contributed by atoms with Crippen LogP contribution in [0.15, 0.2) is 12.4 Å². The van der Waals surface area contributed by atoms with Crippen LogP contribution >= 0.6 is 0 Å². The topological polar surface area (TPSA) is 75.4 Å². The maximum Gasteiger partial charge on any atom is 0.338 e. The Labute approximate surface area is 142 Å². The smallest absolute Gasteiger partial charge is 0.338 e. The lowest BCUT2D eigenvalue weighted by Gasteiger charge is -2.32. The highest BCUT2D eigenvalue weighted by atomic mass is 16.4. The fraction of sp³-hybridized carbons (Fsp3) is 0.722. The van der Waals surface area contributed by atoms with Gasteiger partial charge in [0.1, 0.15) is 0 Å². The summed E-state index contributed by atoms with van der Waals surface area (Å²) in [6, 6.07) is 0.195. The Morgan fingerprint density at radius 3 is 2.46 bits per heavy atom. The van der Waals surface area contributed by atoms with Gasteiger partial charge >= 0.3 is 5.97 Å². The summed E-state index contributed by atoms with van der Waals surface area (Å²) >= 11 is 0. The van der Waals surface area contributed by atoms with Crippen molar-refractivity contribution < 1.29 is 14.7 Å². The molecular weight excluding hydrogens is 306 g/mol. The molecule has 3 rings (SSSR count). The van der Waals surface area contributed by atoms with E-state index in [-0.39, 0.29) is 17.5 Å². The number of aromatic carboxylic acids is 1. The van der Waals surface area contributed by atoms with Gasteiger partial charge in [-0.05, 0) is 25.2 Å². The molecule has 24 heavy (non-hydrogen) atoms. The number of carboxylic acids is 1. The third-order valence-corrected chi connectivity index (χ3v) is 5.53. The molecule has 1 amide bonds. The molecule has 132 valence electrons. The maximum atomic E-state index is 12.4. The van der Waals surface area contributed by atoms with Gasteiger partial charge in [0.15, 0.2) is 0 Å². The molecule has 6 nitrogen and oxygen atoms in total. The number of piperidine rings is 1. The number of hydrogen-bond acceptors (Lipinski definition) is 3. The predicted octanol–water partition coefficient (Wildman–Crippen LogP) is 3.11. The van der Waals surface area contributed by atoms with Gasteiger partial charge < -0.3 is 10.0 Å². The van der Waals surface area contributed by atoms with Crippen LogP contribution in [-0.2, 0) is 4.79 Å². The molecule has 1 aliphatic heterocycles. The van der Waals surface area contributed by atoms with Crippen LogP contribution in [-0.4, -0.2) is 44.8 Å². The average molecular weight is 333 g/mol. The Bertz CT molecular complexity index is 570. The van der Waals surface area contributed by atoms with Crippen molar-refractivity contribution in [1.29, 1.82) is 0 Å². The Morgan fingerprint density at radius 1 is 1.12 bits per heavy atom. The molecule has 1 aromatic rings. The van der Waals surface area contributed by atoms with Crippen LogP contribution < -0.4 is 0 Å². The molecule has 2 heterocycles. The lowest BCUT2D eigenvalue weighted by Crippen LogP contribution is -2.39. The number of hydrogen-bond donors (Lipinski definition) is 1. The van der Waals surface area contributed by atoms with Crippen molar-refractivity contribution in [1.82, 2.24) is 14.7 Å². The van der Waals surface area contributed by atoms with Gasteiger partial charge in [0.2, 0.25) is 5.91 Å². The third kappa shape index (κ3) is 4.16. The Kier molecular flexibility index (Phi) is 5.53. The molecule has 2 fully saturated rings. The first-order chi connectivity index (χ1) is 11.6. The number of rotatable bonds is 5. The van der Waals surface area contributed by atoms with Crippen molar-refractivity contribution in [3.05, 3.63) is 18.0 Å². The molecule has 0 bridgehead atoms. The van der Waals surface area contributed by atoms with Gasteiger partial charge in [0.05, 0.1) is 17.8 Å². The summed E-state index contributed by atoms with van der Waals surface area (Å²) in [4.78, 5) is 25.3. The van der Waals surface area contributed by atoms with Crippen LogP contribution in [0.5, 0.6) is 0 Å². The highest BCUT2D eigenvalue weighted by Crippen LogP contribution is 2.28. The van der Waals surface area contributed by atoms with Crippen LogP contribution in [0.25, 0.3) is 0 Å². The first kappa shape index (κ1) is 17.0. The molecular formula is C18H27N3O3. The van der Waals surface area contributed by atoms with E-state index in [1.165, 1.54) is 38.3 Å². The molecule has 0 spiro atoms. The summed E-state index contributed by atoms with van der Waals surface area (Å²) < 4.78 is 1.74.